The van der Waals surface area contributed by atoms with Crippen molar-refractivity contribution in [1.82, 2.24) is 5.32 Å². The number of hydrogen-bond acceptors (Lipinski definition) is 2. The van der Waals surface area contributed by atoms with E-state index in [2.05, 4.69) is 38.2 Å². The highest BCUT2D eigenvalue weighted by molar-refractivity contribution is 5.81. The first-order valence-electron chi connectivity index (χ1n) is 7.47. The zero-order valence-electron chi connectivity index (χ0n) is 12.3. The van der Waals surface area contributed by atoms with E-state index in [0.717, 1.165) is 18.5 Å². The van der Waals surface area contributed by atoms with E-state index in [1.165, 1.54) is 23.8 Å². The van der Waals surface area contributed by atoms with Crippen LogP contribution in [0.15, 0.2) is 34.9 Å². The third-order valence-electron chi connectivity index (χ3n) is 3.77. The van der Waals surface area contributed by atoms with E-state index < -0.39 is 0 Å². The van der Waals surface area contributed by atoms with Gasteiger partial charge in [0.05, 0.1) is 6.26 Å². The van der Waals surface area contributed by atoms with Crippen LogP contribution in [0.1, 0.15) is 51.6 Å². The minimum atomic E-state index is 0.392. The van der Waals surface area contributed by atoms with Crippen molar-refractivity contribution in [3.63, 3.8) is 0 Å². The second-order valence-corrected chi connectivity index (χ2v) is 5.38. The quantitative estimate of drug-likeness (QED) is 0.764. The van der Waals surface area contributed by atoms with E-state index in [-0.39, 0.29) is 0 Å². The molecule has 2 nitrogen and oxygen atoms in total. The monoisotopic (exact) mass is 259 g/mol. The van der Waals surface area contributed by atoms with Crippen molar-refractivity contribution in [3.8, 4) is 0 Å². The van der Waals surface area contributed by atoms with Crippen LogP contribution in [0.5, 0.6) is 0 Å². The first kappa shape index (κ1) is 14.1. The molecule has 0 spiro atoms. The minimum Gasteiger partial charge on any atom is -0.464 e. The van der Waals surface area contributed by atoms with Gasteiger partial charge in [0, 0.05) is 17.0 Å². The van der Waals surface area contributed by atoms with Gasteiger partial charge in [0.1, 0.15) is 5.58 Å². The number of fused-ring (bicyclic) bond motifs is 1. The lowest BCUT2D eigenvalue weighted by atomic mass is 9.90. The molecule has 104 valence electrons. The molecular weight excluding hydrogens is 234 g/mol. The van der Waals surface area contributed by atoms with Gasteiger partial charge < -0.3 is 9.73 Å². The van der Waals surface area contributed by atoms with Crippen LogP contribution in [0.3, 0.4) is 0 Å². The molecule has 0 bridgehead atoms. The van der Waals surface area contributed by atoms with Gasteiger partial charge in [0.2, 0.25) is 0 Å². The summed E-state index contributed by atoms with van der Waals surface area (Å²) in [5.41, 5.74) is 2.30. The van der Waals surface area contributed by atoms with Crippen LogP contribution in [0.4, 0.5) is 0 Å². The fourth-order valence-electron chi connectivity index (χ4n) is 2.78. The SMILES string of the molecule is CCCNC(c1coc2ccccc12)C(C)CCC. The van der Waals surface area contributed by atoms with Gasteiger partial charge in [-0.25, -0.2) is 0 Å². The molecule has 1 aromatic carbocycles. The van der Waals surface area contributed by atoms with Crippen molar-refractivity contribution in [2.24, 2.45) is 5.92 Å². The summed E-state index contributed by atoms with van der Waals surface area (Å²) < 4.78 is 5.70. The number of furan rings is 1. The molecule has 2 unspecified atom stereocenters. The third-order valence-corrected chi connectivity index (χ3v) is 3.77. The van der Waals surface area contributed by atoms with Crippen LogP contribution in [0.2, 0.25) is 0 Å². The van der Waals surface area contributed by atoms with Gasteiger partial charge in [-0.15, -0.1) is 0 Å². The Kier molecular flexibility index (Phi) is 5.03. The highest BCUT2D eigenvalue weighted by atomic mass is 16.3. The van der Waals surface area contributed by atoms with E-state index in [0.29, 0.717) is 12.0 Å². The first-order chi connectivity index (χ1) is 9.27. The number of rotatable bonds is 7. The normalized spacial score (nSPS) is 14.7. The van der Waals surface area contributed by atoms with Crippen LogP contribution in [-0.2, 0) is 0 Å². The summed E-state index contributed by atoms with van der Waals surface area (Å²) in [6, 6.07) is 8.71. The van der Waals surface area contributed by atoms with Crippen molar-refractivity contribution >= 4 is 11.0 Å². The maximum Gasteiger partial charge on any atom is 0.134 e. The molecule has 2 rings (SSSR count). The summed E-state index contributed by atoms with van der Waals surface area (Å²) in [4.78, 5) is 0. The van der Waals surface area contributed by atoms with Crippen LogP contribution >= 0.6 is 0 Å². The molecule has 1 N–H and O–H groups in total. The van der Waals surface area contributed by atoms with Crippen molar-refractivity contribution in [3.05, 3.63) is 36.1 Å². The molecule has 2 atom stereocenters. The Hall–Kier alpha value is -1.28. The van der Waals surface area contributed by atoms with E-state index >= 15 is 0 Å². The van der Waals surface area contributed by atoms with Crippen molar-refractivity contribution in [1.29, 1.82) is 0 Å². The van der Waals surface area contributed by atoms with Gasteiger partial charge in [-0.1, -0.05) is 45.4 Å². The summed E-state index contributed by atoms with van der Waals surface area (Å²) in [5, 5.41) is 4.94. The second-order valence-electron chi connectivity index (χ2n) is 5.38. The molecule has 0 aliphatic rings. The molecule has 0 aliphatic carbocycles. The molecule has 0 radical (unpaired) electrons. The third kappa shape index (κ3) is 3.19. The van der Waals surface area contributed by atoms with Gasteiger partial charge in [0.15, 0.2) is 0 Å². The number of nitrogens with one attached hydrogen (secondary N) is 1. The first-order valence-corrected chi connectivity index (χ1v) is 7.47. The Bertz CT molecular complexity index is 503. The molecule has 0 amide bonds. The van der Waals surface area contributed by atoms with Gasteiger partial charge in [-0.3, -0.25) is 0 Å². The zero-order valence-corrected chi connectivity index (χ0v) is 12.3. The summed E-state index contributed by atoms with van der Waals surface area (Å²) in [5.74, 6) is 0.623. The molecule has 0 saturated carbocycles. The smallest absolute Gasteiger partial charge is 0.134 e. The van der Waals surface area contributed by atoms with E-state index in [4.69, 9.17) is 4.42 Å². The Morgan fingerprint density at radius 2 is 1.95 bits per heavy atom. The molecule has 19 heavy (non-hydrogen) atoms. The lowest BCUT2D eigenvalue weighted by Gasteiger charge is -2.24. The molecule has 0 saturated heterocycles. The molecule has 0 fully saturated rings. The average molecular weight is 259 g/mol. The maximum atomic E-state index is 5.70. The number of para-hydroxylation sites is 1. The van der Waals surface area contributed by atoms with Crippen molar-refractivity contribution in [2.45, 2.75) is 46.1 Å². The van der Waals surface area contributed by atoms with Crippen LogP contribution < -0.4 is 5.32 Å². The zero-order chi connectivity index (χ0) is 13.7. The van der Waals surface area contributed by atoms with Crippen LogP contribution in [0, 0.1) is 5.92 Å². The molecule has 2 aromatic rings. The highest BCUT2D eigenvalue weighted by Crippen LogP contribution is 2.32. The molecule has 2 heteroatoms. The predicted octanol–water partition coefficient (Wildman–Crippen LogP) is 4.91. The summed E-state index contributed by atoms with van der Waals surface area (Å²) in [6.45, 7) is 7.85. The van der Waals surface area contributed by atoms with Crippen LogP contribution in [-0.4, -0.2) is 6.54 Å². The Morgan fingerprint density at radius 1 is 1.16 bits per heavy atom. The maximum absolute atomic E-state index is 5.70. The van der Waals surface area contributed by atoms with E-state index in [1.807, 2.05) is 18.4 Å². The molecule has 1 heterocycles. The molecular formula is C17H25NO. The summed E-state index contributed by atoms with van der Waals surface area (Å²) in [6.07, 6.45) is 5.55. The summed E-state index contributed by atoms with van der Waals surface area (Å²) >= 11 is 0. The topological polar surface area (TPSA) is 25.2 Å². The van der Waals surface area contributed by atoms with Gasteiger partial charge in [-0.05, 0) is 31.4 Å². The lowest BCUT2D eigenvalue weighted by Crippen LogP contribution is -2.27. The fourth-order valence-corrected chi connectivity index (χ4v) is 2.78. The second kappa shape index (κ2) is 6.76. The molecule has 1 aromatic heterocycles. The number of hydrogen-bond donors (Lipinski definition) is 1. The highest BCUT2D eigenvalue weighted by Gasteiger charge is 2.21. The van der Waals surface area contributed by atoms with Gasteiger partial charge in [-0.2, -0.15) is 0 Å². The van der Waals surface area contributed by atoms with Crippen molar-refractivity contribution in [2.75, 3.05) is 6.54 Å². The van der Waals surface area contributed by atoms with Crippen LogP contribution in [0.25, 0.3) is 11.0 Å². The van der Waals surface area contributed by atoms with E-state index in [9.17, 15) is 0 Å². The lowest BCUT2D eigenvalue weighted by molar-refractivity contribution is 0.362. The fraction of sp³-hybridized carbons (Fsp3) is 0.529. The standard InChI is InChI=1S/C17H25NO/c1-4-8-13(3)17(18-11-5-2)15-12-19-16-10-7-6-9-14(15)16/h6-7,9-10,12-13,17-18H,4-5,8,11H2,1-3H3. The predicted molar refractivity (Wildman–Crippen MR) is 81.3 cm³/mol. The number of benzene rings is 1. The van der Waals surface area contributed by atoms with Gasteiger partial charge in [0.25, 0.3) is 0 Å². The average Bonchev–Trinajstić information content (AvgIpc) is 2.84. The van der Waals surface area contributed by atoms with E-state index in [1.54, 1.807) is 0 Å². The largest absolute Gasteiger partial charge is 0.464 e. The molecule has 0 aliphatic heterocycles. The minimum absolute atomic E-state index is 0.392. The Labute approximate surface area is 116 Å². The Balaban J connectivity index is 2.30. The summed E-state index contributed by atoms with van der Waals surface area (Å²) in [7, 11) is 0. The Morgan fingerprint density at radius 3 is 2.68 bits per heavy atom. The van der Waals surface area contributed by atoms with Crippen molar-refractivity contribution < 1.29 is 4.42 Å². The van der Waals surface area contributed by atoms with Gasteiger partial charge >= 0.3 is 0 Å².